The molecule has 184 valence electrons. The number of halogens is 2. The Kier molecular flexibility index (Phi) is 6.97. The first kappa shape index (κ1) is 24.6. The highest BCUT2D eigenvalue weighted by Gasteiger charge is 2.45. The van der Waals surface area contributed by atoms with Gasteiger partial charge in [-0.25, -0.2) is 13.6 Å². The van der Waals surface area contributed by atoms with E-state index in [9.17, 15) is 13.6 Å². The van der Waals surface area contributed by atoms with Crippen molar-refractivity contribution in [2.45, 2.75) is 57.8 Å². The molecule has 1 heterocycles. The van der Waals surface area contributed by atoms with Crippen LogP contribution in [0.5, 0.6) is 0 Å². The molecule has 2 atom stereocenters. The number of carbonyl (C=O) groups is 1. The van der Waals surface area contributed by atoms with Crippen molar-refractivity contribution in [2.24, 2.45) is 0 Å². The highest BCUT2D eigenvalue weighted by molar-refractivity contribution is 5.68. The Hall–Kier alpha value is -2.51. The zero-order chi connectivity index (χ0) is 24.5. The second-order valence-corrected chi connectivity index (χ2v) is 10.3. The van der Waals surface area contributed by atoms with Gasteiger partial charge in [-0.3, -0.25) is 4.90 Å². The molecule has 0 saturated carbocycles. The molecule has 5 nitrogen and oxygen atoms in total. The largest absolute Gasteiger partial charge is 0.444 e. The third-order valence-corrected chi connectivity index (χ3v) is 6.79. The van der Waals surface area contributed by atoms with E-state index in [2.05, 4.69) is 17.0 Å². The summed E-state index contributed by atoms with van der Waals surface area (Å²) in [6, 6.07) is 11.9. The van der Waals surface area contributed by atoms with E-state index in [4.69, 9.17) is 9.47 Å². The van der Waals surface area contributed by atoms with Crippen molar-refractivity contribution < 1.29 is 23.0 Å². The molecule has 1 amide bonds. The number of carbonyl (C=O) groups excluding carboxylic acids is 1. The van der Waals surface area contributed by atoms with Crippen LogP contribution in [0.1, 0.15) is 56.9 Å². The van der Waals surface area contributed by atoms with E-state index in [0.717, 1.165) is 18.9 Å². The van der Waals surface area contributed by atoms with Gasteiger partial charge in [0.15, 0.2) is 0 Å². The lowest BCUT2D eigenvalue weighted by atomic mass is 9.89. The van der Waals surface area contributed by atoms with E-state index in [1.165, 1.54) is 23.3 Å². The monoisotopic (exact) mass is 472 g/mol. The van der Waals surface area contributed by atoms with Gasteiger partial charge in [-0.15, -0.1) is 0 Å². The fraction of sp³-hybridized carbons (Fsp3) is 0.519. The third kappa shape index (κ3) is 5.26. The average molecular weight is 473 g/mol. The van der Waals surface area contributed by atoms with Crippen LogP contribution in [0.2, 0.25) is 0 Å². The van der Waals surface area contributed by atoms with E-state index < -0.39 is 23.3 Å². The van der Waals surface area contributed by atoms with Crippen molar-refractivity contribution >= 4 is 6.09 Å². The molecule has 4 rings (SSSR count). The molecule has 0 aromatic heterocycles. The van der Waals surface area contributed by atoms with Crippen LogP contribution in [0.4, 0.5) is 13.6 Å². The van der Waals surface area contributed by atoms with Gasteiger partial charge in [0.05, 0.1) is 18.2 Å². The van der Waals surface area contributed by atoms with Crippen LogP contribution in [-0.2, 0) is 21.4 Å². The Morgan fingerprint density at radius 2 is 1.71 bits per heavy atom. The molecule has 1 saturated heterocycles. The van der Waals surface area contributed by atoms with Gasteiger partial charge < -0.3 is 14.4 Å². The maximum Gasteiger partial charge on any atom is 0.410 e. The van der Waals surface area contributed by atoms with Gasteiger partial charge in [0, 0.05) is 32.2 Å². The molecule has 0 N–H and O–H groups in total. The van der Waals surface area contributed by atoms with Crippen molar-refractivity contribution in [3.8, 4) is 0 Å². The molecule has 0 bridgehead atoms. The van der Waals surface area contributed by atoms with Crippen LogP contribution in [-0.4, -0.2) is 54.3 Å². The Morgan fingerprint density at radius 3 is 2.35 bits per heavy atom. The summed E-state index contributed by atoms with van der Waals surface area (Å²) >= 11 is 0. The summed E-state index contributed by atoms with van der Waals surface area (Å²) in [5, 5.41) is 0. The van der Waals surface area contributed by atoms with Crippen molar-refractivity contribution in [1.29, 1.82) is 0 Å². The molecule has 34 heavy (non-hydrogen) atoms. The van der Waals surface area contributed by atoms with E-state index in [1.807, 2.05) is 39.8 Å². The predicted molar refractivity (Wildman–Crippen MR) is 127 cm³/mol. The van der Waals surface area contributed by atoms with Crippen LogP contribution < -0.4 is 0 Å². The van der Waals surface area contributed by atoms with Gasteiger partial charge in [0.1, 0.15) is 17.2 Å². The number of aryl methyl sites for hydroxylation is 1. The molecule has 1 unspecified atom stereocenters. The summed E-state index contributed by atoms with van der Waals surface area (Å²) < 4.78 is 39.3. The average Bonchev–Trinajstić information content (AvgIpc) is 3.15. The number of nitrogens with zero attached hydrogens (tertiary/aromatic N) is 2. The molecule has 1 fully saturated rings. The molecular weight excluding hydrogens is 438 g/mol. The molecule has 2 aromatic carbocycles. The minimum absolute atomic E-state index is 0.286. The van der Waals surface area contributed by atoms with Crippen molar-refractivity contribution in [3.63, 3.8) is 0 Å². The van der Waals surface area contributed by atoms with E-state index in [1.54, 1.807) is 4.90 Å². The van der Waals surface area contributed by atoms with Crippen molar-refractivity contribution in [2.75, 3.05) is 32.8 Å². The van der Waals surface area contributed by atoms with Crippen LogP contribution in [0.15, 0.2) is 42.5 Å². The van der Waals surface area contributed by atoms with Crippen molar-refractivity contribution in [1.82, 2.24) is 9.80 Å². The summed E-state index contributed by atoms with van der Waals surface area (Å²) in [5.74, 6) is -1.21. The Bertz CT molecular complexity index is 1010. The Labute approximate surface area is 200 Å². The Balaban J connectivity index is 1.51. The lowest BCUT2D eigenvalue weighted by Gasteiger charge is -2.46. The second-order valence-electron chi connectivity index (χ2n) is 10.3. The van der Waals surface area contributed by atoms with Gasteiger partial charge in [-0.1, -0.05) is 24.3 Å². The molecule has 2 aliphatic rings. The topological polar surface area (TPSA) is 42.0 Å². The van der Waals surface area contributed by atoms with Crippen molar-refractivity contribution in [3.05, 3.63) is 70.8 Å². The first-order chi connectivity index (χ1) is 16.1. The maximum atomic E-state index is 13.8. The minimum Gasteiger partial charge on any atom is -0.444 e. The third-order valence-electron chi connectivity index (χ3n) is 6.79. The van der Waals surface area contributed by atoms with E-state index >= 15 is 0 Å². The fourth-order valence-corrected chi connectivity index (χ4v) is 5.05. The predicted octanol–water partition coefficient (Wildman–Crippen LogP) is 5.44. The molecule has 7 heteroatoms. The number of benzene rings is 2. The summed E-state index contributed by atoms with van der Waals surface area (Å²) in [6.45, 7) is 10.4. The van der Waals surface area contributed by atoms with Crippen LogP contribution in [0, 0.1) is 11.6 Å². The van der Waals surface area contributed by atoms with Gasteiger partial charge in [0.2, 0.25) is 0 Å². The molecule has 0 radical (unpaired) electrons. The second kappa shape index (κ2) is 9.62. The molecule has 0 spiro atoms. The highest BCUT2D eigenvalue weighted by atomic mass is 19.1. The molecule has 1 aliphatic carbocycles. The summed E-state index contributed by atoms with van der Waals surface area (Å²) in [6.07, 6.45) is 1.08. The summed E-state index contributed by atoms with van der Waals surface area (Å²) in [4.78, 5) is 16.7. The molecular formula is C27H34F2N2O3. The van der Waals surface area contributed by atoms with Gasteiger partial charge in [-0.05, 0) is 69.4 Å². The zero-order valence-electron chi connectivity index (χ0n) is 20.4. The van der Waals surface area contributed by atoms with Gasteiger partial charge in [0.25, 0.3) is 0 Å². The number of hydrogen-bond donors (Lipinski definition) is 0. The van der Waals surface area contributed by atoms with Crippen LogP contribution >= 0.6 is 0 Å². The number of rotatable bonds is 5. The number of piperazine rings is 1. The number of fused-ring (bicyclic) bond motifs is 1. The summed E-state index contributed by atoms with van der Waals surface area (Å²) in [5.41, 5.74) is 2.13. The zero-order valence-corrected chi connectivity index (χ0v) is 20.4. The lowest BCUT2D eigenvalue weighted by molar-refractivity contribution is -0.0589. The quantitative estimate of drug-likeness (QED) is 0.581. The van der Waals surface area contributed by atoms with Gasteiger partial charge >= 0.3 is 6.09 Å². The smallest absolute Gasteiger partial charge is 0.410 e. The van der Waals surface area contributed by atoms with Crippen LogP contribution in [0.25, 0.3) is 0 Å². The number of ether oxygens (including phenoxy) is 2. The fourth-order valence-electron chi connectivity index (χ4n) is 5.05. The maximum absolute atomic E-state index is 13.8. The highest BCUT2D eigenvalue weighted by Crippen LogP contribution is 2.43. The van der Waals surface area contributed by atoms with E-state index in [0.29, 0.717) is 38.3 Å². The summed E-state index contributed by atoms with van der Waals surface area (Å²) in [7, 11) is 0. The Morgan fingerprint density at radius 1 is 1.06 bits per heavy atom. The van der Waals surface area contributed by atoms with Gasteiger partial charge in [-0.2, -0.15) is 0 Å². The minimum atomic E-state index is -0.607. The lowest BCUT2D eigenvalue weighted by Crippen LogP contribution is -2.58. The van der Waals surface area contributed by atoms with E-state index in [-0.39, 0.29) is 11.6 Å². The standard InChI is InChI=1S/C27H34F2N2O3/c1-19(21-15-22(28)17-23(29)16-21)33-18-27(10-9-20-7-5-6-8-24(20)27)31-13-11-30(12-14-31)25(32)34-26(2,3)4/h5-8,15-17,19H,9-14,18H2,1-4H3/t19?,27-/m0/s1. The normalized spacial score (nSPS) is 21.9. The number of amides is 1. The first-order valence-corrected chi connectivity index (χ1v) is 12.0. The number of hydrogen-bond acceptors (Lipinski definition) is 4. The molecule has 2 aromatic rings. The van der Waals surface area contributed by atoms with Crippen LogP contribution in [0.3, 0.4) is 0 Å². The SMILES string of the molecule is CC(OC[C@@]1(N2CCN(C(=O)OC(C)(C)C)CC2)CCc2ccccc21)c1cc(F)cc(F)c1. The first-order valence-electron chi connectivity index (χ1n) is 12.0. The molecule has 1 aliphatic heterocycles.